The first-order chi connectivity index (χ1) is 17.6. The number of nitrogens with zero attached hydrogens (tertiary/aromatic N) is 1. The molecule has 0 saturated carbocycles. The van der Waals surface area contributed by atoms with Crippen molar-refractivity contribution >= 4 is 39.5 Å². The summed E-state index contributed by atoms with van der Waals surface area (Å²) in [6.07, 6.45) is 1.86. The molecule has 0 saturated heterocycles. The molecule has 0 fully saturated rings. The van der Waals surface area contributed by atoms with Crippen LogP contribution in [0.4, 0.5) is 0 Å². The Morgan fingerprint density at radius 1 is 0.639 bits per heavy atom. The molecule has 0 aliphatic heterocycles. The van der Waals surface area contributed by atoms with E-state index < -0.39 is 0 Å². The van der Waals surface area contributed by atoms with Gasteiger partial charge in [0.25, 0.3) is 0 Å². The number of hydrogen-bond donors (Lipinski definition) is 0. The van der Waals surface area contributed by atoms with E-state index in [1.165, 1.54) is 0 Å². The molecule has 4 aromatic carbocycles. The fourth-order valence-electron chi connectivity index (χ4n) is 4.83. The zero-order chi connectivity index (χ0) is 24.6. The molecule has 3 nitrogen and oxygen atoms in total. The summed E-state index contributed by atoms with van der Waals surface area (Å²) in [5.74, 6) is -0.286. The normalized spacial score (nSPS) is 11.1. The molecule has 2 aromatic heterocycles. The smallest absolute Gasteiger partial charge is 0.210 e. The number of fused-ring (bicyclic) bond motifs is 3. The lowest BCUT2D eigenvalue weighted by atomic mass is 9.92. The van der Waals surface area contributed by atoms with Crippen LogP contribution in [0, 0.1) is 0 Å². The molecule has 0 spiro atoms. The number of ketones is 2. The van der Waals surface area contributed by atoms with Crippen LogP contribution in [-0.2, 0) is 0 Å². The van der Waals surface area contributed by atoms with Crippen LogP contribution in [0.5, 0.6) is 0 Å². The minimum absolute atomic E-state index is 0.137. The second-order valence-corrected chi connectivity index (χ2v) is 9.06. The van der Waals surface area contributed by atoms with E-state index in [0.717, 1.165) is 16.3 Å². The van der Waals surface area contributed by atoms with Gasteiger partial charge in [0.15, 0.2) is 5.78 Å². The molecule has 4 heteroatoms. The second-order valence-electron chi connectivity index (χ2n) is 8.62. The molecule has 172 valence electrons. The number of rotatable bonds is 5. The molecule has 0 N–H and O–H groups in total. The van der Waals surface area contributed by atoms with Gasteiger partial charge in [-0.2, -0.15) is 0 Å². The van der Waals surface area contributed by atoms with Crippen molar-refractivity contribution in [3.8, 4) is 11.1 Å². The fourth-order valence-corrected chi connectivity index (χ4v) is 5.02. The van der Waals surface area contributed by atoms with Gasteiger partial charge < -0.3 is 4.40 Å². The third-order valence-corrected chi connectivity index (χ3v) is 6.69. The van der Waals surface area contributed by atoms with Crippen molar-refractivity contribution < 1.29 is 9.59 Å². The molecule has 6 aromatic rings. The number of carbonyl (C=O) groups excluding carboxylic acids is 2. The van der Waals surface area contributed by atoms with Gasteiger partial charge in [0.05, 0.1) is 11.1 Å². The molecular formula is C32H20ClNO2. The summed E-state index contributed by atoms with van der Waals surface area (Å²) in [4.78, 5) is 28.3. The van der Waals surface area contributed by atoms with Gasteiger partial charge in [-0.15, -0.1) is 0 Å². The minimum Gasteiger partial charge on any atom is -0.312 e. The van der Waals surface area contributed by atoms with Gasteiger partial charge in [-0.3, -0.25) is 9.59 Å². The molecule has 0 bridgehead atoms. The summed E-state index contributed by atoms with van der Waals surface area (Å²) in [6, 6.07) is 35.6. The highest BCUT2D eigenvalue weighted by Gasteiger charge is 2.30. The molecule has 0 aliphatic carbocycles. The predicted molar refractivity (Wildman–Crippen MR) is 145 cm³/mol. The summed E-state index contributed by atoms with van der Waals surface area (Å²) in [5.41, 5.74) is 4.20. The van der Waals surface area contributed by atoms with Crippen molar-refractivity contribution in [2.24, 2.45) is 0 Å². The Bertz CT molecular complexity index is 1750. The van der Waals surface area contributed by atoms with Gasteiger partial charge >= 0.3 is 0 Å². The van der Waals surface area contributed by atoms with Crippen LogP contribution in [0.2, 0.25) is 5.02 Å². The monoisotopic (exact) mass is 485 g/mol. The van der Waals surface area contributed by atoms with E-state index in [2.05, 4.69) is 0 Å². The zero-order valence-corrected chi connectivity index (χ0v) is 19.9. The number of carbonyl (C=O) groups is 2. The molecular weight excluding hydrogens is 466 g/mol. The Labute approximate surface area is 213 Å². The highest BCUT2D eigenvalue weighted by molar-refractivity contribution is 6.32. The van der Waals surface area contributed by atoms with Crippen LogP contribution >= 0.6 is 11.6 Å². The van der Waals surface area contributed by atoms with Crippen LogP contribution in [0.25, 0.3) is 27.4 Å². The number of pyridine rings is 1. The average Bonchev–Trinajstić information content (AvgIpc) is 3.29. The van der Waals surface area contributed by atoms with E-state index in [1.54, 1.807) is 24.3 Å². The summed E-state index contributed by atoms with van der Waals surface area (Å²) in [5, 5.41) is 2.36. The Morgan fingerprint density at radius 2 is 1.22 bits per heavy atom. The standard InChI is InChI=1S/C32H20ClNO2/c33-25-16-17-26-24(20-25)18-19-34-29(26)28(31(35)22-12-6-2-7-13-22)27(21-10-4-1-5-11-21)30(34)32(36)23-14-8-3-9-15-23/h1-20H. The van der Waals surface area contributed by atoms with E-state index in [4.69, 9.17) is 11.6 Å². The molecule has 0 radical (unpaired) electrons. The van der Waals surface area contributed by atoms with Crippen LogP contribution in [0.15, 0.2) is 121 Å². The summed E-state index contributed by atoms with van der Waals surface area (Å²) >= 11 is 6.30. The highest BCUT2D eigenvalue weighted by Crippen LogP contribution is 2.39. The maximum Gasteiger partial charge on any atom is 0.210 e. The zero-order valence-electron chi connectivity index (χ0n) is 19.2. The van der Waals surface area contributed by atoms with Crippen LogP contribution in [-0.4, -0.2) is 16.0 Å². The molecule has 2 heterocycles. The second kappa shape index (κ2) is 8.95. The van der Waals surface area contributed by atoms with Crippen molar-refractivity contribution in [2.75, 3.05) is 0 Å². The third-order valence-electron chi connectivity index (χ3n) is 6.45. The SMILES string of the molecule is O=C(c1ccccc1)c1c(-c2ccccc2)c(C(=O)c2ccccc2)n2ccc3cc(Cl)ccc3c12. The number of hydrogen-bond acceptors (Lipinski definition) is 2. The number of benzene rings is 4. The Hall–Kier alpha value is -4.47. The molecule has 0 amide bonds. The maximum absolute atomic E-state index is 14.2. The summed E-state index contributed by atoms with van der Waals surface area (Å²) < 4.78 is 1.87. The van der Waals surface area contributed by atoms with E-state index in [9.17, 15) is 9.59 Å². The van der Waals surface area contributed by atoms with Gasteiger partial charge in [0.2, 0.25) is 5.78 Å². The van der Waals surface area contributed by atoms with Crippen molar-refractivity contribution in [1.29, 1.82) is 0 Å². The van der Waals surface area contributed by atoms with Crippen molar-refractivity contribution in [3.63, 3.8) is 0 Å². The molecule has 0 atom stereocenters. The first kappa shape index (κ1) is 22.0. The highest BCUT2D eigenvalue weighted by atomic mass is 35.5. The quantitative estimate of drug-likeness (QED) is 0.233. The third kappa shape index (κ3) is 3.62. The maximum atomic E-state index is 14.2. The van der Waals surface area contributed by atoms with Gasteiger partial charge in [-0.05, 0) is 29.1 Å². The van der Waals surface area contributed by atoms with Crippen LogP contribution in [0.3, 0.4) is 0 Å². The van der Waals surface area contributed by atoms with E-state index in [1.807, 2.05) is 102 Å². The topological polar surface area (TPSA) is 38.5 Å². The number of aromatic nitrogens is 1. The fraction of sp³-hybridized carbons (Fsp3) is 0. The number of halogens is 1. The van der Waals surface area contributed by atoms with E-state index in [-0.39, 0.29) is 11.6 Å². The molecule has 6 rings (SSSR count). The Kier molecular flexibility index (Phi) is 5.48. The van der Waals surface area contributed by atoms with E-state index >= 15 is 0 Å². The van der Waals surface area contributed by atoms with Gasteiger partial charge in [-0.25, -0.2) is 0 Å². The van der Waals surface area contributed by atoms with Crippen molar-refractivity contribution in [1.82, 2.24) is 4.40 Å². The van der Waals surface area contributed by atoms with Crippen molar-refractivity contribution in [3.05, 3.63) is 149 Å². The molecule has 36 heavy (non-hydrogen) atoms. The predicted octanol–water partition coefficient (Wildman–Crippen LogP) is 7.87. The largest absolute Gasteiger partial charge is 0.312 e. The summed E-state index contributed by atoms with van der Waals surface area (Å²) in [7, 11) is 0. The average molecular weight is 486 g/mol. The van der Waals surface area contributed by atoms with Gasteiger partial charge in [0, 0.05) is 33.3 Å². The first-order valence-electron chi connectivity index (χ1n) is 11.6. The lowest BCUT2D eigenvalue weighted by Gasteiger charge is -2.08. The van der Waals surface area contributed by atoms with Crippen LogP contribution in [0.1, 0.15) is 32.0 Å². The van der Waals surface area contributed by atoms with E-state index in [0.29, 0.717) is 38.5 Å². The van der Waals surface area contributed by atoms with Crippen LogP contribution < -0.4 is 0 Å². The molecule has 0 aliphatic rings. The summed E-state index contributed by atoms with van der Waals surface area (Å²) in [6.45, 7) is 0. The van der Waals surface area contributed by atoms with Gasteiger partial charge in [0.1, 0.15) is 5.69 Å². The Morgan fingerprint density at radius 3 is 1.86 bits per heavy atom. The Balaban J connectivity index is 1.80. The first-order valence-corrected chi connectivity index (χ1v) is 12.0. The lowest BCUT2D eigenvalue weighted by molar-refractivity contribution is 0.103. The minimum atomic E-state index is -0.148. The van der Waals surface area contributed by atoms with Crippen molar-refractivity contribution in [2.45, 2.75) is 0 Å². The lowest BCUT2D eigenvalue weighted by Crippen LogP contribution is -2.07. The van der Waals surface area contributed by atoms with Gasteiger partial charge in [-0.1, -0.05) is 109 Å². The molecule has 0 unspecified atom stereocenters.